The monoisotopic (exact) mass is 316 g/mol. The summed E-state index contributed by atoms with van der Waals surface area (Å²) in [6.07, 6.45) is 0. The lowest BCUT2D eigenvalue weighted by Crippen LogP contribution is -2.27. The van der Waals surface area contributed by atoms with Crippen LogP contribution in [0.1, 0.15) is 22.8 Å². The van der Waals surface area contributed by atoms with Crippen LogP contribution in [0.4, 0.5) is 11.4 Å². The normalized spacial score (nSPS) is 10.4. The van der Waals surface area contributed by atoms with Crippen LogP contribution in [0.3, 0.4) is 0 Å². The van der Waals surface area contributed by atoms with E-state index in [9.17, 15) is 4.79 Å². The lowest BCUT2D eigenvalue weighted by atomic mass is 10.0. The van der Waals surface area contributed by atoms with Crippen LogP contribution < -0.4 is 4.90 Å². The van der Waals surface area contributed by atoms with E-state index in [1.165, 1.54) is 0 Å². The van der Waals surface area contributed by atoms with Gasteiger partial charge in [-0.1, -0.05) is 29.8 Å². The van der Waals surface area contributed by atoms with E-state index in [1.807, 2.05) is 62.2 Å². The summed E-state index contributed by atoms with van der Waals surface area (Å²) in [6.45, 7) is 4.57. The lowest BCUT2D eigenvalue weighted by molar-refractivity contribution is 0.0802. The Morgan fingerprint density at radius 2 is 1.77 bits per heavy atom. The number of rotatable bonds is 4. The first kappa shape index (κ1) is 16.4. The number of halogens is 1. The quantitative estimate of drug-likeness (QED) is 0.828. The molecule has 0 aliphatic rings. The maximum atomic E-state index is 12.5. The first-order valence-corrected chi connectivity index (χ1v) is 7.68. The highest BCUT2D eigenvalue weighted by Crippen LogP contribution is 2.32. The number of amides is 1. The molecule has 2 rings (SSSR count). The molecular formula is C18H21ClN2O. The van der Waals surface area contributed by atoms with Gasteiger partial charge in [-0.05, 0) is 43.7 Å². The highest BCUT2D eigenvalue weighted by Gasteiger charge is 2.18. The average molecular weight is 317 g/mol. The molecule has 0 saturated carbocycles. The molecule has 0 bridgehead atoms. The molecule has 4 heteroatoms. The second-order valence-electron chi connectivity index (χ2n) is 5.31. The molecule has 2 aromatic carbocycles. The Morgan fingerprint density at radius 3 is 2.36 bits per heavy atom. The van der Waals surface area contributed by atoms with Gasteiger partial charge >= 0.3 is 0 Å². The fraction of sp³-hybridized carbons (Fsp3) is 0.278. The third-order valence-electron chi connectivity index (χ3n) is 3.90. The standard InChI is InChI=1S/C18H21ClN2O/c1-5-20(3)18(22)16-11-14(19)12-17(13(16)2)21(4)15-9-7-6-8-10-15/h6-12H,5H2,1-4H3. The summed E-state index contributed by atoms with van der Waals surface area (Å²) in [5.41, 5.74) is 3.57. The molecule has 0 aliphatic carbocycles. The predicted molar refractivity (Wildman–Crippen MR) is 93.3 cm³/mol. The van der Waals surface area contributed by atoms with Crippen molar-refractivity contribution in [3.63, 3.8) is 0 Å². The van der Waals surface area contributed by atoms with E-state index in [1.54, 1.807) is 18.0 Å². The van der Waals surface area contributed by atoms with Crippen LogP contribution in [-0.4, -0.2) is 31.4 Å². The van der Waals surface area contributed by atoms with Gasteiger partial charge in [-0.3, -0.25) is 4.79 Å². The predicted octanol–water partition coefficient (Wildman–Crippen LogP) is 4.51. The van der Waals surface area contributed by atoms with Gasteiger partial charge in [0.1, 0.15) is 0 Å². The number of nitrogens with zero attached hydrogens (tertiary/aromatic N) is 2. The minimum atomic E-state index is -0.00906. The van der Waals surface area contributed by atoms with E-state index >= 15 is 0 Å². The van der Waals surface area contributed by atoms with Crippen molar-refractivity contribution in [2.75, 3.05) is 25.5 Å². The fourth-order valence-corrected chi connectivity index (χ4v) is 2.59. The Kier molecular flexibility index (Phi) is 5.09. The van der Waals surface area contributed by atoms with Crippen molar-refractivity contribution in [1.82, 2.24) is 4.90 Å². The summed E-state index contributed by atoms with van der Waals surface area (Å²) in [6, 6.07) is 13.7. The van der Waals surface area contributed by atoms with Crippen molar-refractivity contribution < 1.29 is 4.79 Å². The van der Waals surface area contributed by atoms with E-state index < -0.39 is 0 Å². The zero-order valence-electron chi connectivity index (χ0n) is 13.4. The molecule has 0 aliphatic heterocycles. The lowest BCUT2D eigenvalue weighted by Gasteiger charge is -2.24. The van der Waals surface area contributed by atoms with E-state index in [0.29, 0.717) is 17.1 Å². The summed E-state index contributed by atoms with van der Waals surface area (Å²) >= 11 is 6.25. The molecule has 116 valence electrons. The number of carbonyl (C=O) groups is 1. The molecule has 1 amide bonds. The van der Waals surface area contributed by atoms with Crippen molar-refractivity contribution in [2.45, 2.75) is 13.8 Å². The van der Waals surface area contributed by atoms with Gasteiger partial charge in [0, 0.05) is 42.6 Å². The van der Waals surface area contributed by atoms with Crippen molar-refractivity contribution in [3.05, 3.63) is 58.6 Å². The fourth-order valence-electron chi connectivity index (χ4n) is 2.38. The topological polar surface area (TPSA) is 23.6 Å². The van der Waals surface area contributed by atoms with Gasteiger partial charge < -0.3 is 9.80 Å². The third kappa shape index (κ3) is 3.25. The highest BCUT2D eigenvalue weighted by atomic mass is 35.5. The van der Waals surface area contributed by atoms with Gasteiger partial charge in [-0.15, -0.1) is 0 Å². The van der Waals surface area contributed by atoms with Crippen LogP contribution in [0.15, 0.2) is 42.5 Å². The van der Waals surface area contributed by atoms with Gasteiger partial charge in [0.25, 0.3) is 5.91 Å². The molecule has 0 spiro atoms. The first-order chi connectivity index (χ1) is 10.5. The maximum Gasteiger partial charge on any atom is 0.253 e. The van der Waals surface area contributed by atoms with Gasteiger partial charge in [-0.2, -0.15) is 0 Å². The molecule has 3 nitrogen and oxygen atoms in total. The summed E-state index contributed by atoms with van der Waals surface area (Å²) in [4.78, 5) is 16.2. The van der Waals surface area contributed by atoms with Gasteiger partial charge in [0.15, 0.2) is 0 Å². The molecule has 0 unspecified atom stereocenters. The van der Waals surface area contributed by atoms with Crippen LogP contribution >= 0.6 is 11.6 Å². The van der Waals surface area contributed by atoms with E-state index in [-0.39, 0.29) is 5.91 Å². The molecule has 0 radical (unpaired) electrons. The SMILES string of the molecule is CCN(C)C(=O)c1cc(Cl)cc(N(C)c2ccccc2)c1C. The number of hydrogen-bond acceptors (Lipinski definition) is 2. The Hall–Kier alpha value is -2.00. The third-order valence-corrected chi connectivity index (χ3v) is 4.12. The number of anilines is 2. The van der Waals surface area contributed by atoms with Crippen molar-refractivity contribution in [2.24, 2.45) is 0 Å². The molecule has 0 atom stereocenters. The number of benzene rings is 2. The summed E-state index contributed by atoms with van der Waals surface area (Å²) < 4.78 is 0. The zero-order valence-corrected chi connectivity index (χ0v) is 14.2. The molecule has 2 aromatic rings. The van der Waals surface area contributed by atoms with Crippen LogP contribution in [-0.2, 0) is 0 Å². The number of carbonyl (C=O) groups excluding carboxylic acids is 1. The van der Waals surface area contributed by atoms with Crippen LogP contribution in [0.25, 0.3) is 0 Å². The van der Waals surface area contributed by atoms with E-state index in [4.69, 9.17) is 11.6 Å². The molecule has 22 heavy (non-hydrogen) atoms. The molecule has 0 heterocycles. The van der Waals surface area contributed by atoms with E-state index in [2.05, 4.69) is 0 Å². The van der Waals surface area contributed by atoms with Crippen molar-refractivity contribution >= 4 is 28.9 Å². The molecule has 0 N–H and O–H groups in total. The Balaban J connectivity index is 2.49. The second-order valence-corrected chi connectivity index (χ2v) is 5.75. The average Bonchev–Trinajstić information content (AvgIpc) is 2.55. The molecule has 0 saturated heterocycles. The molecular weight excluding hydrogens is 296 g/mol. The van der Waals surface area contributed by atoms with Crippen LogP contribution in [0.2, 0.25) is 5.02 Å². The number of para-hydroxylation sites is 1. The Bertz CT molecular complexity index is 670. The Labute approximate surface area is 137 Å². The van der Waals surface area contributed by atoms with Crippen molar-refractivity contribution in [1.29, 1.82) is 0 Å². The van der Waals surface area contributed by atoms with E-state index in [0.717, 1.165) is 16.9 Å². The molecule has 0 aromatic heterocycles. The minimum Gasteiger partial charge on any atom is -0.344 e. The summed E-state index contributed by atoms with van der Waals surface area (Å²) in [5, 5.41) is 0.566. The number of hydrogen-bond donors (Lipinski definition) is 0. The first-order valence-electron chi connectivity index (χ1n) is 7.30. The van der Waals surface area contributed by atoms with Gasteiger partial charge in [-0.25, -0.2) is 0 Å². The smallest absolute Gasteiger partial charge is 0.253 e. The minimum absolute atomic E-state index is 0.00906. The maximum absolute atomic E-state index is 12.5. The summed E-state index contributed by atoms with van der Waals surface area (Å²) in [7, 11) is 3.77. The van der Waals surface area contributed by atoms with Crippen LogP contribution in [0, 0.1) is 6.92 Å². The largest absolute Gasteiger partial charge is 0.344 e. The Morgan fingerprint density at radius 1 is 1.14 bits per heavy atom. The van der Waals surface area contributed by atoms with Crippen LogP contribution in [0.5, 0.6) is 0 Å². The molecule has 0 fully saturated rings. The zero-order chi connectivity index (χ0) is 16.3. The highest BCUT2D eigenvalue weighted by molar-refractivity contribution is 6.31. The summed E-state index contributed by atoms with van der Waals surface area (Å²) in [5.74, 6) is -0.00906. The van der Waals surface area contributed by atoms with Gasteiger partial charge in [0.05, 0.1) is 0 Å². The van der Waals surface area contributed by atoms with Gasteiger partial charge in [0.2, 0.25) is 0 Å². The second kappa shape index (κ2) is 6.84. The van der Waals surface area contributed by atoms with Crippen molar-refractivity contribution in [3.8, 4) is 0 Å².